The number of fused-ring (bicyclic) bond motifs is 1. The topological polar surface area (TPSA) is 143 Å². The average Bonchev–Trinajstić information content (AvgIpc) is 3.55. The first kappa shape index (κ1) is 26.3. The lowest BCUT2D eigenvalue weighted by Crippen LogP contribution is -2.32. The molecule has 4 aromatic rings. The van der Waals surface area contributed by atoms with E-state index in [4.69, 9.17) is 5.73 Å². The molecule has 2 aromatic carbocycles. The summed E-state index contributed by atoms with van der Waals surface area (Å²) in [5.74, 6) is 0.0781. The van der Waals surface area contributed by atoms with Gasteiger partial charge < -0.3 is 15.6 Å². The maximum Gasteiger partial charge on any atom is 0.288 e. The van der Waals surface area contributed by atoms with E-state index in [1.807, 2.05) is 67.1 Å². The number of amides is 1. The molecule has 1 saturated carbocycles. The molecule has 1 aliphatic carbocycles. The molecule has 0 bridgehead atoms. The van der Waals surface area contributed by atoms with E-state index in [1.165, 1.54) is 0 Å². The molecule has 6 rings (SSSR count). The minimum atomic E-state index is -3.30. The maximum atomic E-state index is 12.9. The number of nitrogen functional groups attached to an aromatic ring is 1. The average molecular weight is 561 g/mol. The van der Waals surface area contributed by atoms with Crippen molar-refractivity contribution in [1.29, 1.82) is 0 Å². The van der Waals surface area contributed by atoms with Crippen molar-refractivity contribution in [2.45, 2.75) is 50.9 Å². The molecule has 10 nitrogen and oxygen atoms in total. The fourth-order valence-corrected chi connectivity index (χ4v) is 7.44. The van der Waals surface area contributed by atoms with Crippen LogP contribution < -0.4 is 16.6 Å². The van der Waals surface area contributed by atoms with Gasteiger partial charge in [0.25, 0.3) is 11.5 Å². The quantitative estimate of drug-likeness (QED) is 0.317. The fourth-order valence-electron chi connectivity index (χ4n) is 5.55. The summed E-state index contributed by atoms with van der Waals surface area (Å²) in [6.07, 6.45) is 3.92. The Hall–Kier alpha value is -3.96. The van der Waals surface area contributed by atoms with Gasteiger partial charge >= 0.3 is 0 Å². The number of benzene rings is 2. The largest absolute Gasteiger partial charge is 0.382 e. The van der Waals surface area contributed by atoms with Gasteiger partial charge in [0.1, 0.15) is 5.52 Å². The van der Waals surface area contributed by atoms with Gasteiger partial charge in [0.2, 0.25) is 10.0 Å². The number of aromatic amines is 1. The summed E-state index contributed by atoms with van der Waals surface area (Å²) in [5, 5.41) is 9.74. The van der Waals surface area contributed by atoms with Crippen molar-refractivity contribution in [3.8, 4) is 11.1 Å². The first-order chi connectivity index (χ1) is 19.1. The molecular weight excluding hydrogens is 528 g/mol. The zero-order valence-corrected chi connectivity index (χ0v) is 23.3. The summed E-state index contributed by atoms with van der Waals surface area (Å²) < 4.78 is 29.1. The van der Waals surface area contributed by atoms with E-state index < -0.39 is 10.0 Å². The predicted molar refractivity (Wildman–Crippen MR) is 154 cm³/mol. The summed E-state index contributed by atoms with van der Waals surface area (Å²) in [6, 6.07) is 13.3. The molecular formula is C29H32N6O4S. The minimum absolute atomic E-state index is 0.124. The number of anilines is 1. The molecule has 2 fully saturated rings. The molecule has 2 aromatic heterocycles. The monoisotopic (exact) mass is 560 g/mol. The highest BCUT2D eigenvalue weighted by molar-refractivity contribution is 7.90. The Kier molecular flexibility index (Phi) is 6.50. The van der Waals surface area contributed by atoms with E-state index in [9.17, 15) is 18.0 Å². The van der Waals surface area contributed by atoms with Crippen molar-refractivity contribution in [2.75, 3.05) is 18.8 Å². The summed E-state index contributed by atoms with van der Waals surface area (Å²) in [5.41, 5.74) is 11.4. The molecule has 1 atom stereocenters. The van der Waals surface area contributed by atoms with Crippen LogP contribution in [0.5, 0.6) is 0 Å². The van der Waals surface area contributed by atoms with E-state index in [-0.39, 0.29) is 28.6 Å². The highest BCUT2D eigenvalue weighted by Crippen LogP contribution is 2.38. The van der Waals surface area contributed by atoms with Gasteiger partial charge in [-0.05, 0) is 55.9 Å². The van der Waals surface area contributed by atoms with E-state index in [1.54, 1.807) is 4.31 Å². The molecule has 0 radical (unpaired) electrons. The number of rotatable bonds is 7. The van der Waals surface area contributed by atoms with Crippen molar-refractivity contribution < 1.29 is 13.2 Å². The standard InChI is InChI=1S/C29H32N6O4S/c1-17-3-4-18(2)23(13-17)28(36)31-14-19-5-7-20(8-6-19)24-16-35(26-25(24)27(30)32-33-29(26)37)21-11-12-34(15-21)40(38,39)22-9-10-22/h3-8,13,16,21-22H,9-12,14-15H2,1-2H3,(H2,30,32)(H,31,36)(H,33,37)/t21-/m1/s1. The van der Waals surface area contributed by atoms with Crippen LogP contribution in [-0.4, -0.2) is 51.7 Å². The Morgan fingerprint density at radius 1 is 1.12 bits per heavy atom. The van der Waals surface area contributed by atoms with Crippen LogP contribution in [0, 0.1) is 13.8 Å². The lowest BCUT2D eigenvalue weighted by Gasteiger charge is -2.17. The number of sulfonamides is 1. The molecule has 208 valence electrons. The molecule has 3 heterocycles. The highest BCUT2D eigenvalue weighted by Gasteiger charge is 2.43. The van der Waals surface area contributed by atoms with Crippen LogP contribution in [-0.2, 0) is 16.6 Å². The first-order valence-electron chi connectivity index (χ1n) is 13.5. The van der Waals surface area contributed by atoms with E-state index in [0.29, 0.717) is 55.4 Å². The van der Waals surface area contributed by atoms with Crippen molar-refractivity contribution >= 4 is 32.7 Å². The van der Waals surface area contributed by atoms with Crippen LogP contribution >= 0.6 is 0 Å². The molecule has 4 N–H and O–H groups in total. The Bertz CT molecular complexity index is 1790. The Balaban J connectivity index is 1.27. The van der Waals surface area contributed by atoms with Gasteiger partial charge in [0.15, 0.2) is 5.82 Å². The summed E-state index contributed by atoms with van der Waals surface area (Å²) >= 11 is 0. The van der Waals surface area contributed by atoms with Crippen molar-refractivity contribution in [1.82, 2.24) is 24.4 Å². The smallest absolute Gasteiger partial charge is 0.288 e. The van der Waals surface area contributed by atoms with Crippen LogP contribution in [0.25, 0.3) is 22.0 Å². The second-order valence-electron chi connectivity index (χ2n) is 10.9. The molecule has 1 aliphatic heterocycles. The molecule has 0 spiro atoms. The van der Waals surface area contributed by atoms with Crippen LogP contribution in [0.3, 0.4) is 0 Å². The third kappa shape index (κ3) is 4.69. The molecule has 11 heteroatoms. The molecule has 2 aliphatic rings. The Morgan fingerprint density at radius 3 is 2.60 bits per heavy atom. The second-order valence-corrected chi connectivity index (χ2v) is 13.1. The van der Waals surface area contributed by atoms with Crippen LogP contribution in [0.1, 0.15) is 52.4 Å². The second kappa shape index (κ2) is 9.90. The normalized spacial score (nSPS) is 17.9. The third-order valence-corrected chi connectivity index (χ3v) is 10.3. The fraction of sp³-hybridized carbons (Fsp3) is 0.345. The van der Waals surface area contributed by atoms with Crippen LogP contribution in [0.4, 0.5) is 5.82 Å². The first-order valence-corrected chi connectivity index (χ1v) is 15.0. The number of nitrogens with two attached hydrogens (primary N) is 1. The minimum Gasteiger partial charge on any atom is -0.382 e. The summed E-state index contributed by atoms with van der Waals surface area (Å²) in [7, 11) is -3.30. The number of aryl methyl sites for hydroxylation is 2. The van der Waals surface area contributed by atoms with Crippen molar-refractivity contribution in [3.05, 3.63) is 81.3 Å². The van der Waals surface area contributed by atoms with Gasteiger partial charge in [-0.2, -0.15) is 9.40 Å². The SMILES string of the molecule is Cc1ccc(C)c(C(=O)NCc2ccc(-c3cn([C@@H]4CCN(S(=O)(=O)C5CC5)C4)c4c(=O)[nH]nc(N)c34)cc2)c1. The Labute approximate surface area is 232 Å². The number of aromatic nitrogens is 3. The molecule has 1 saturated heterocycles. The highest BCUT2D eigenvalue weighted by atomic mass is 32.2. The molecule has 40 heavy (non-hydrogen) atoms. The lowest BCUT2D eigenvalue weighted by molar-refractivity contribution is 0.0950. The molecule has 0 unspecified atom stereocenters. The van der Waals surface area contributed by atoms with Crippen molar-refractivity contribution in [2.24, 2.45) is 0 Å². The zero-order valence-electron chi connectivity index (χ0n) is 22.5. The maximum absolute atomic E-state index is 12.9. The number of nitrogens with zero attached hydrogens (tertiary/aromatic N) is 3. The zero-order chi connectivity index (χ0) is 28.2. The summed E-state index contributed by atoms with van der Waals surface area (Å²) in [6.45, 7) is 4.99. The number of hydrogen-bond donors (Lipinski definition) is 3. The van der Waals surface area contributed by atoms with E-state index in [0.717, 1.165) is 27.8 Å². The number of hydrogen-bond acceptors (Lipinski definition) is 6. The van der Waals surface area contributed by atoms with E-state index in [2.05, 4.69) is 15.5 Å². The third-order valence-electron chi connectivity index (χ3n) is 7.96. The van der Waals surface area contributed by atoms with Gasteiger partial charge in [0, 0.05) is 43.0 Å². The van der Waals surface area contributed by atoms with Crippen molar-refractivity contribution in [3.63, 3.8) is 0 Å². The van der Waals surface area contributed by atoms with E-state index >= 15 is 0 Å². The van der Waals surface area contributed by atoms with Crippen LogP contribution in [0.15, 0.2) is 53.5 Å². The van der Waals surface area contributed by atoms with Gasteiger partial charge in [-0.3, -0.25) is 9.59 Å². The lowest BCUT2D eigenvalue weighted by atomic mass is 10.0. The number of H-pyrrole nitrogens is 1. The van der Waals surface area contributed by atoms with Gasteiger partial charge in [-0.1, -0.05) is 42.0 Å². The Morgan fingerprint density at radius 2 is 1.88 bits per heavy atom. The number of carbonyl (C=O) groups excluding carboxylic acids is 1. The molecule has 1 amide bonds. The summed E-state index contributed by atoms with van der Waals surface area (Å²) in [4.78, 5) is 25.7. The van der Waals surface area contributed by atoms with Gasteiger partial charge in [0.05, 0.1) is 10.6 Å². The van der Waals surface area contributed by atoms with Crippen LogP contribution in [0.2, 0.25) is 0 Å². The number of nitrogens with one attached hydrogen (secondary N) is 2. The predicted octanol–water partition coefficient (Wildman–Crippen LogP) is 3.26. The van der Waals surface area contributed by atoms with Gasteiger partial charge in [-0.25, -0.2) is 13.5 Å². The van der Waals surface area contributed by atoms with Gasteiger partial charge in [-0.15, -0.1) is 0 Å². The number of carbonyl (C=O) groups is 1.